The number of carbonyl (C=O) groups is 2. The topological polar surface area (TPSA) is 108 Å². The third kappa shape index (κ3) is 45.2. The van der Waals surface area contributed by atoms with Gasteiger partial charge in [-0.1, -0.05) is 177 Å². The molecule has 0 aromatic heterocycles. The summed E-state index contributed by atoms with van der Waals surface area (Å²) in [6.07, 6.45) is 51.5. The molecule has 0 rings (SSSR count). The zero-order valence-corrected chi connectivity index (χ0v) is 40.1. The zero-order valence-electron chi connectivity index (χ0n) is 39.2. The summed E-state index contributed by atoms with van der Waals surface area (Å²) in [6.45, 7) is 4.32. The highest BCUT2D eigenvalue weighted by Crippen LogP contribution is 2.43. The molecule has 0 aliphatic carbocycles. The number of phosphoric acid groups is 1. The summed E-state index contributed by atoms with van der Waals surface area (Å²) in [4.78, 5) is 35.4. The highest BCUT2D eigenvalue weighted by atomic mass is 31.2. The first-order chi connectivity index (χ1) is 29.0. The van der Waals surface area contributed by atoms with Crippen molar-refractivity contribution in [1.29, 1.82) is 0 Å². The molecule has 0 saturated heterocycles. The number of allylic oxidation sites excluding steroid dienone is 10. The Balaban J connectivity index is 4.45. The van der Waals surface area contributed by atoms with Gasteiger partial charge in [-0.25, -0.2) is 4.57 Å². The second-order valence-corrected chi connectivity index (χ2v) is 18.6. The van der Waals surface area contributed by atoms with E-state index < -0.39 is 32.5 Å². The number of carbonyl (C=O) groups excluding carboxylic acids is 2. The number of hydrogen-bond acceptors (Lipinski definition) is 7. The molecular formula is C50H91NO8P+. The fraction of sp³-hybridized carbons (Fsp3) is 0.760. The van der Waals surface area contributed by atoms with Gasteiger partial charge in [-0.2, -0.15) is 0 Å². The summed E-state index contributed by atoms with van der Waals surface area (Å²) < 4.78 is 34.2. The SMILES string of the molecule is CCCCCCCCC/C=C/C/C=C/C/C=C/C/C=C/CCCC(=O)O[C@H](COC(=O)CC/C=C/CCCCCCCCCCCCC)COP(=O)(O)OCC[N+](C)(C)C. The Morgan fingerprint density at radius 1 is 0.517 bits per heavy atom. The highest BCUT2D eigenvalue weighted by Gasteiger charge is 2.27. The molecule has 0 aromatic carbocycles. The number of hydrogen-bond donors (Lipinski definition) is 1. The van der Waals surface area contributed by atoms with Crippen molar-refractivity contribution >= 4 is 19.8 Å². The Labute approximate surface area is 368 Å². The van der Waals surface area contributed by atoms with E-state index in [-0.39, 0.29) is 26.1 Å². The van der Waals surface area contributed by atoms with Crippen LogP contribution in [0.25, 0.3) is 0 Å². The maximum Gasteiger partial charge on any atom is 0.472 e. The van der Waals surface area contributed by atoms with Crippen molar-refractivity contribution in [2.45, 2.75) is 200 Å². The van der Waals surface area contributed by atoms with Crippen LogP contribution in [0.3, 0.4) is 0 Å². The number of esters is 2. The minimum atomic E-state index is -4.40. The molecule has 348 valence electrons. The fourth-order valence-electron chi connectivity index (χ4n) is 6.26. The standard InChI is InChI=1S/C50H90NO8P/c1-6-8-10-12-14-16-18-20-22-23-24-25-26-27-29-31-33-35-37-39-41-43-50(53)59-48(47-58-60(54,55)57-45-44-51(3,4)5)46-56-49(52)42-40-38-36-34-32-30-28-21-19-17-15-13-11-9-7-2/h22-23,25-26,29,31,35-38,48H,6-21,24,27-28,30,32-34,39-47H2,1-5H3/p+1/b23-22+,26-25+,31-29+,37-35+,38-36+/t48-/m1/s1. The van der Waals surface area contributed by atoms with E-state index in [0.29, 0.717) is 30.3 Å². The Morgan fingerprint density at radius 2 is 0.933 bits per heavy atom. The van der Waals surface area contributed by atoms with Crippen LogP contribution in [0, 0.1) is 0 Å². The predicted octanol–water partition coefficient (Wildman–Crippen LogP) is 14.0. The molecule has 0 aromatic rings. The monoisotopic (exact) mass is 865 g/mol. The van der Waals surface area contributed by atoms with Crippen molar-refractivity contribution in [3.05, 3.63) is 60.8 Å². The van der Waals surface area contributed by atoms with Crippen LogP contribution in [0.15, 0.2) is 60.8 Å². The molecule has 0 saturated carbocycles. The minimum Gasteiger partial charge on any atom is -0.462 e. The third-order valence-electron chi connectivity index (χ3n) is 10.0. The molecule has 0 fully saturated rings. The lowest BCUT2D eigenvalue weighted by Gasteiger charge is -2.24. The number of rotatable bonds is 43. The van der Waals surface area contributed by atoms with Gasteiger partial charge in [0.05, 0.1) is 27.7 Å². The van der Waals surface area contributed by atoms with Crippen molar-refractivity contribution in [2.24, 2.45) is 0 Å². The van der Waals surface area contributed by atoms with Crippen LogP contribution in [0.4, 0.5) is 0 Å². The lowest BCUT2D eigenvalue weighted by molar-refractivity contribution is -0.870. The molecule has 1 N–H and O–H groups in total. The van der Waals surface area contributed by atoms with Gasteiger partial charge in [0, 0.05) is 12.8 Å². The summed E-state index contributed by atoms with van der Waals surface area (Å²) in [6, 6.07) is 0. The van der Waals surface area contributed by atoms with E-state index in [9.17, 15) is 19.0 Å². The first-order valence-corrected chi connectivity index (χ1v) is 25.5. The molecule has 0 aliphatic heterocycles. The second-order valence-electron chi connectivity index (χ2n) is 17.1. The molecule has 1 unspecified atom stereocenters. The Kier molecular flexibility index (Phi) is 40.4. The van der Waals surface area contributed by atoms with E-state index in [4.69, 9.17) is 18.5 Å². The summed E-state index contributed by atoms with van der Waals surface area (Å²) in [5.41, 5.74) is 0. The van der Waals surface area contributed by atoms with Gasteiger partial charge in [0.15, 0.2) is 6.10 Å². The average molecular weight is 865 g/mol. The van der Waals surface area contributed by atoms with Gasteiger partial charge < -0.3 is 18.9 Å². The van der Waals surface area contributed by atoms with Crippen LogP contribution in [-0.2, 0) is 32.7 Å². The van der Waals surface area contributed by atoms with Crippen molar-refractivity contribution in [3.8, 4) is 0 Å². The highest BCUT2D eigenvalue weighted by molar-refractivity contribution is 7.47. The first kappa shape index (κ1) is 57.7. The van der Waals surface area contributed by atoms with Gasteiger partial charge in [-0.3, -0.25) is 18.6 Å². The van der Waals surface area contributed by atoms with Crippen LogP contribution in [0.5, 0.6) is 0 Å². The molecule has 9 nitrogen and oxygen atoms in total. The maximum atomic E-state index is 12.7. The third-order valence-corrected chi connectivity index (χ3v) is 11.0. The minimum absolute atomic E-state index is 0.0150. The van der Waals surface area contributed by atoms with Crippen molar-refractivity contribution in [1.82, 2.24) is 0 Å². The molecule has 0 bridgehead atoms. The molecule has 2 atom stereocenters. The molecule has 10 heteroatoms. The number of likely N-dealkylation sites (N-methyl/N-ethyl adjacent to an activating group) is 1. The number of nitrogens with zero attached hydrogens (tertiary/aromatic N) is 1. The molecule has 0 radical (unpaired) electrons. The molecule has 0 spiro atoms. The van der Waals surface area contributed by atoms with Crippen LogP contribution < -0.4 is 0 Å². The summed E-state index contributed by atoms with van der Waals surface area (Å²) in [5, 5.41) is 0. The number of quaternary nitrogens is 1. The van der Waals surface area contributed by atoms with Crippen LogP contribution >= 0.6 is 7.82 Å². The van der Waals surface area contributed by atoms with Gasteiger partial charge in [-0.05, 0) is 64.2 Å². The summed E-state index contributed by atoms with van der Waals surface area (Å²) in [7, 11) is 1.42. The van der Waals surface area contributed by atoms with E-state index in [1.165, 1.54) is 116 Å². The van der Waals surface area contributed by atoms with Crippen molar-refractivity contribution < 1.29 is 42.1 Å². The van der Waals surface area contributed by atoms with E-state index in [0.717, 1.165) is 32.1 Å². The average Bonchev–Trinajstić information content (AvgIpc) is 3.20. The molecule has 0 aliphatic rings. The predicted molar refractivity (Wildman–Crippen MR) is 252 cm³/mol. The van der Waals surface area contributed by atoms with E-state index in [2.05, 4.69) is 62.5 Å². The maximum absolute atomic E-state index is 12.7. The van der Waals surface area contributed by atoms with E-state index in [1.54, 1.807) is 0 Å². The van der Waals surface area contributed by atoms with E-state index in [1.807, 2.05) is 33.3 Å². The van der Waals surface area contributed by atoms with Gasteiger partial charge in [0.2, 0.25) is 0 Å². The molecule has 60 heavy (non-hydrogen) atoms. The lowest BCUT2D eigenvalue weighted by atomic mass is 10.1. The summed E-state index contributed by atoms with van der Waals surface area (Å²) in [5.74, 6) is -0.921. The van der Waals surface area contributed by atoms with Crippen LogP contribution in [0.2, 0.25) is 0 Å². The van der Waals surface area contributed by atoms with Crippen molar-refractivity contribution in [2.75, 3.05) is 47.5 Å². The zero-order chi connectivity index (χ0) is 44.3. The van der Waals surface area contributed by atoms with Gasteiger partial charge in [0.25, 0.3) is 0 Å². The molecule has 0 heterocycles. The smallest absolute Gasteiger partial charge is 0.462 e. The Morgan fingerprint density at radius 3 is 1.42 bits per heavy atom. The fourth-order valence-corrected chi connectivity index (χ4v) is 7.00. The van der Waals surface area contributed by atoms with Gasteiger partial charge >= 0.3 is 19.8 Å². The number of phosphoric ester groups is 1. The van der Waals surface area contributed by atoms with Crippen LogP contribution in [-0.4, -0.2) is 74.9 Å². The second kappa shape index (κ2) is 42.0. The molecular weight excluding hydrogens is 774 g/mol. The normalized spacial score (nSPS) is 14.0. The van der Waals surface area contributed by atoms with Crippen LogP contribution in [0.1, 0.15) is 194 Å². The summed E-state index contributed by atoms with van der Waals surface area (Å²) >= 11 is 0. The Hall–Kier alpha value is -2.29. The number of unbranched alkanes of at least 4 members (excludes halogenated alkanes) is 19. The quantitative estimate of drug-likeness (QED) is 0.0212. The first-order valence-electron chi connectivity index (χ1n) is 24.0. The Bertz CT molecular complexity index is 1210. The largest absolute Gasteiger partial charge is 0.472 e. The van der Waals surface area contributed by atoms with Crippen molar-refractivity contribution in [3.63, 3.8) is 0 Å². The van der Waals surface area contributed by atoms with Gasteiger partial charge in [-0.15, -0.1) is 0 Å². The number of ether oxygens (including phenoxy) is 2. The lowest BCUT2D eigenvalue weighted by Crippen LogP contribution is -2.37. The molecule has 0 amide bonds. The van der Waals surface area contributed by atoms with Gasteiger partial charge in [0.1, 0.15) is 19.8 Å². The van der Waals surface area contributed by atoms with E-state index >= 15 is 0 Å².